The van der Waals surface area contributed by atoms with Crippen molar-refractivity contribution in [1.82, 2.24) is 5.32 Å². The number of carbonyl (C=O) groups is 1. The van der Waals surface area contributed by atoms with E-state index in [4.69, 9.17) is 0 Å². The van der Waals surface area contributed by atoms with Crippen LogP contribution in [0.4, 0.5) is 13.2 Å². The predicted octanol–water partition coefficient (Wildman–Crippen LogP) is 2.40. The molecule has 0 bridgehead atoms. The van der Waals surface area contributed by atoms with Crippen molar-refractivity contribution in [2.45, 2.75) is 19.0 Å². The van der Waals surface area contributed by atoms with Gasteiger partial charge in [0.05, 0.1) is 0 Å². The second-order valence-electron chi connectivity index (χ2n) is 4.19. The fraction of sp³-hybridized carbons (Fsp3) is 0.545. The van der Waals surface area contributed by atoms with Gasteiger partial charge in [-0.05, 0) is 24.4 Å². The molecule has 1 saturated heterocycles. The molecule has 0 spiro atoms. The largest absolute Gasteiger partial charge is 0.402 e. The summed E-state index contributed by atoms with van der Waals surface area (Å²) in [7, 11) is 0. The Morgan fingerprint density at radius 3 is 2.76 bits per heavy atom. The third kappa shape index (κ3) is 2.24. The lowest BCUT2D eigenvalue weighted by Crippen LogP contribution is -2.47. The fourth-order valence-electron chi connectivity index (χ4n) is 2.07. The van der Waals surface area contributed by atoms with E-state index < -0.39 is 17.4 Å². The Balaban J connectivity index is 2.20. The van der Waals surface area contributed by atoms with Crippen molar-refractivity contribution in [3.8, 4) is 0 Å². The fourth-order valence-corrected chi connectivity index (χ4v) is 2.77. The molecular formula is C11H12F3NOS. The second kappa shape index (κ2) is 4.42. The van der Waals surface area contributed by atoms with Crippen LogP contribution in [0, 0.1) is 5.41 Å². The van der Waals surface area contributed by atoms with Crippen molar-refractivity contribution in [1.29, 1.82) is 0 Å². The standard InChI is InChI=1S/C11H12F3NOS/c12-11(13,14)10(3-4-15-7-10)9(16)6-8-2-1-5-17-8/h1-2,5,15H,3-4,6-7H2. The topological polar surface area (TPSA) is 29.1 Å². The van der Waals surface area contributed by atoms with Gasteiger partial charge >= 0.3 is 6.18 Å². The summed E-state index contributed by atoms with van der Waals surface area (Å²) in [6.45, 7) is -0.0452. The van der Waals surface area contributed by atoms with Crippen molar-refractivity contribution in [3.63, 3.8) is 0 Å². The number of hydrogen-bond donors (Lipinski definition) is 1. The Bertz CT molecular complexity index is 393. The van der Waals surface area contributed by atoms with Gasteiger partial charge < -0.3 is 5.32 Å². The van der Waals surface area contributed by atoms with Gasteiger partial charge in [0.15, 0.2) is 5.78 Å². The number of halogens is 3. The first kappa shape index (κ1) is 12.6. The molecule has 0 radical (unpaired) electrons. The van der Waals surface area contributed by atoms with Crippen LogP contribution in [-0.2, 0) is 11.2 Å². The third-order valence-corrected chi connectivity index (χ3v) is 4.02. The number of ketones is 1. The van der Waals surface area contributed by atoms with E-state index in [1.807, 2.05) is 0 Å². The molecule has 6 heteroatoms. The van der Waals surface area contributed by atoms with Crippen molar-refractivity contribution in [3.05, 3.63) is 22.4 Å². The second-order valence-corrected chi connectivity index (χ2v) is 5.22. The summed E-state index contributed by atoms with van der Waals surface area (Å²) in [4.78, 5) is 12.6. The number of Topliss-reactive ketones (excluding diaryl/α,β-unsaturated/α-hetero) is 1. The van der Waals surface area contributed by atoms with E-state index >= 15 is 0 Å². The molecule has 0 aromatic carbocycles. The Morgan fingerprint density at radius 2 is 2.29 bits per heavy atom. The van der Waals surface area contributed by atoms with Crippen LogP contribution in [0.3, 0.4) is 0 Å². The SMILES string of the molecule is O=C(Cc1cccs1)C1(C(F)(F)F)CCNC1. The summed E-state index contributed by atoms with van der Waals surface area (Å²) in [6.07, 6.45) is -4.75. The van der Waals surface area contributed by atoms with E-state index in [1.165, 1.54) is 11.3 Å². The number of rotatable bonds is 3. The van der Waals surface area contributed by atoms with E-state index in [0.29, 0.717) is 4.88 Å². The molecule has 1 aliphatic heterocycles. The molecule has 1 atom stereocenters. The van der Waals surface area contributed by atoms with E-state index in [9.17, 15) is 18.0 Å². The average Bonchev–Trinajstić information content (AvgIpc) is 2.85. The zero-order valence-electron chi connectivity index (χ0n) is 9.01. The molecule has 1 aromatic heterocycles. The first-order valence-corrected chi connectivity index (χ1v) is 6.17. The number of thiophene rings is 1. The summed E-state index contributed by atoms with van der Waals surface area (Å²) >= 11 is 1.31. The molecule has 17 heavy (non-hydrogen) atoms. The van der Waals surface area contributed by atoms with Crippen LogP contribution in [0.15, 0.2) is 17.5 Å². The highest BCUT2D eigenvalue weighted by Gasteiger charge is 2.60. The van der Waals surface area contributed by atoms with Gasteiger partial charge in [-0.15, -0.1) is 11.3 Å². The zero-order valence-corrected chi connectivity index (χ0v) is 9.83. The highest BCUT2D eigenvalue weighted by atomic mass is 32.1. The van der Waals surface area contributed by atoms with Crippen LogP contribution in [-0.4, -0.2) is 25.0 Å². The molecule has 1 unspecified atom stereocenters. The zero-order chi connectivity index (χ0) is 12.5. The molecule has 0 amide bonds. The Morgan fingerprint density at radius 1 is 1.53 bits per heavy atom. The number of alkyl halides is 3. The first-order valence-electron chi connectivity index (χ1n) is 5.29. The molecular weight excluding hydrogens is 251 g/mol. The van der Waals surface area contributed by atoms with E-state index in [0.717, 1.165) is 0 Å². The van der Waals surface area contributed by atoms with Gasteiger partial charge in [0.1, 0.15) is 5.41 Å². The minimum Gasteiger partial charge on any atom is -0.315 e. The molecule has 0 aliphatic carbocycles. The van der Waals surface area contributed by atoms with Gasteiger partial charge in [-0.3, -0.25) is 4.79 Å². The lowest BCUT2D eigenvalue weighted by molar-refractivity contribution is -0.214. The van der Waals surface area contributed by atoms with Crippen LogP contribution in [0.2, 0.25) is 0 Å². The Kier molecular flexibility index (Phi) is 3.27. The van der Waals surface area contributed by atoms with Gasteiger partial charge in [0.2, 0.25) is 0 Å². The Labute approximate surface area is 101 Å². The van der Waals surface area contributed by atoms with E-state index in [2.05, 4.69) is 5.32 Å². The third-order valence-electron chi connectivity index (χ3n) is 3.15. The lowest BCUT2D eigenvalue weighted by atomic mass is 9.80. The quantitative estimate of drug-likeness (QED) is 0.907. The molecule has 1 aromatic rings. The molecule has 1 fully saturated rings. The lowest BCUT2D eigenvalue weighted by Gasteiger charge is -2.29. The molecule has 94 valence electrons. The molecule has 1 aliphatic rings. The number of carbonyl (C=O) groups excluding carboxylic acids is 1. The van der Waals surface area contributed by atoms with Crippen LogP contribution in [0.25, 0.3) is 0 Å². The minimum atomic E-state index is -4.47. The minimum absolute atomic E-state index is 0.126. The van der Waals surface area contributed by atoms with Gasteiger partial charge in [-0.25, -0.2) is 0 Å². The van der Waals surface area contributed by atoms with Gasteiger partial charge in [-0.2, -0.15) is 13.2 Å². The van der Waals surface area contributed by atoms with Crippen molar-refractivity contribution < 1.29 is 18.0 Å². The molecule has 1 N–H and O–H groups in total. The highest BCUT2D eigenvalue weighted by molar-refractivity contribution is 7.10. The summed E-state index contributed by atoms with van der Waals surface area (Å²) < 4.78 is 39.1. The van der Waals surface area contributed by atoms with Crippen molar-refractivity contribution >= 4 is 17.1 Å². The van der Waals surface area contributed by atoms with Gasteiger partial charge in [-0.1, -0.05) is 6.07 Å². The maximum absolute atomic E-state index is 13.0. The molecule has 2 rings (SSSR count). The first-order chi connectivity index (χ1) is 7.96. The summed E-state index contributed by atoms with van der Waals surface area (Å²) in [5, 5.41) is 4.40. The van der Waals surface area contributed by atoms with Crippen LogP contribution in [0.5, 0.6) is 0 Å². The molecule has 2 heterocycles. The van der Waals surface area contributed by atoms with E-state index in [1.54, 1.807) is 17.5 Å². The number of hydrogen-bond acceptors (Lipinski definition) is 3. The highest BCUT2D eigenvalue weighted by Crippen LogP contribution is 2.44. The Hall–Kier alpha value is -0.880. The van der Waals surface area contributed by atoms with E-state index in [-0.39, 0.29) is 25.9 Å². The smallest absolute Gasteiger partial charge is 0.315 e. The number of nitrogens with one attached hydrogen (secondary N) is 1. The van der Waals surface area contributed by atoms with Crippen molar-refractivity contribution in [2.75, 3.05) is 13.1 Å². The van der Waals surface area contributed by atoms with Gasteiger partial charge in [0, 0.05) is 17.8 Å². The van der Waals surface area contributed by atoms with Gasteiger partial charge in [0.25, 0.3) is 0 Å². The monoisotopic (exact) mass is 263 g/mol. The summed E-state index contributed by atoms with van der Waals surface area (Å²) in [5.74, 6) is -0.725. The van der Waals surface area contributed by atoms with Crippen molar-refractivity contribution in [2.24, 2.45) is 5.41 Å². The van der Waals surface area contributed by atoms with Crippen LogP contribution >= 0.6 is 11.3 Å². The summed E-state index contributed by atoms with van der Waals surface area (Å²) in [5.41, 5.74) is -2.18. The molecule has 0 saturated carbocycles. The molecule has 2 nitrogen and oxygen atoms in total. The maximum Gasteiger partial charge on any atom is 0.402 e. The van der Waals surface area contributed by atoms with Crippen LogP contribution < -0.4 is 5.32 Å². The van der Waals surface area contributed by atoms with Crippen LogP contribution in [0.1, 0.15) is 11.3 Å². The summed E-state index contributed by atoms with van der Waals surface area (Å²) in [6, 6.07) is 3.43. The average molecular weight is 263 g/mol. The normalized spacial score (nSPS) is 25.1. The maximum atomic E-state index is 13.0. The predicted molar refractivity (Wildman–Crippen MR) is 59.0 cm³/mol.